The lowest BCUT2D eigenvalue weighted by atomic mass is 10.3. The molecule has 3 N–H and O–H groups in total. The van der Waals surface area contributed by atoms with Gasteiger partial charge in [0.15, 0.2) is 0 Å². The maximum Gasteiger partial charge on any atom is 0.243 e. The Labute approximate surface area is 96.7 Å². The second-order valence-corrected chi connectivity index (χ2v) is 4.92. The van der Waals surface area contributed by atoms with Gasteiger partial charge < -0.3 is 5.73 Å². The van der Waals surface area contributed by atoms with Gasteiger partial charge in [0.1, 0.15) is 16.5 Å². The van der Waals surface area contributed by atoms with Gasteiger partial charge in [0.2, 0.25) is 15.9 Å². The predicted molar refractivity (Wildman–Crippen MR) is 55.4 cm³/mol. The Kier molecular flexibility index (Phi) is 4.13. The maximum absolute atomic E-state index is 13.2. The van der Waals surface area contributed by atoms with Crippen LogP contribution in [0.5, 0.6) is 0 Å². The minimum absolute atomic E-state index is 0.206. The fraction of sp³-hybridized carbons (Fsp3) is 0.222. The van der Waals surface area contributed by atoms with E-state index in [1.165, 1.54) is 0 Å². The number of carbonyl (C=O) groups is 1. The summed E-state index contributed by atoms with van der Waals surface area (Å²) in [6.45, 7) is -0.242. The third kappa shape index (κ3) is 3.75. The van der Waals surface area contributed by atoms with Crippen molar-refractivity contribution in [3.05, 3.63) is 29.8 Å². The summed E-state index contributed by atoms with van der Waals surface area (Å²) in [6, 6.07) is 2.09. The summed E-state index contributed by atoms with van der Waals surface area (Å²) in [5.41, 5.74) is 4.81. The van der Waals surface area contributed by atoms with E-state index in [9.17, 15) is 22.0 Å². The van der Waals surface area contributed by atoms with Crippen molar-refractivity contribution in [3.8, 4) is 0 Å². The molecule has 0 saturated heterocycles. The average molecular weight is 264 g/mol. The van der Waals surface area contributed by atoms with E-state index in [4.69, 9.17) is 5.73 Å². The van der Waals surface area contributed by atoms with Crippen LogP contribution in [0.25, 0.3) is 0 Å². The highest BCUT2D eigenvalue weighted by molar-refractivity contribution is 7.89. The lowest BCUT2D eigenvalue weighted by Crippen LogP contribution is -2.28. The molecule has 17 heavy (non-hydrogen) atoms. The van der Waals surface area contributed by atoms with Gasteiger partial charge in [0, 0.05) is 19.0 Å². The second-order valence-electron chi connectivity index (χ2n) is 3.19. The Hall–Kier alpha value is -1.54. The molecular weight excluding hydrogens is 254 g/mol. The zero-order chi connectivity index (χ0) is 13.1. The third-order valence-corrected chi connectivity index (χ3v) is 3.34. The number of sulfonamides is 1. The van der Waals surface area contributed by atoms with Crippen molar-refractivity contribution in [1.82, 2.24) is 4.72 Å². The minimum atomic E-state index is -4.10. The number of primary amides is 1. The van der Waals surface area contributed by atoms with Crippen molar-refractivity contribution in [2.75, 3.05) is 6.54 Å². The molecule has 1 amide bonds. The van der Waals surface area contributed by atoms with Crippen LogP contribution in [0.4, 0.5) is 8.78 Å². The first-order chi connectivity index (χ1) is 7.83. The van der Waals surface area contributed by atoms with Crippen LogP contribution in [-0.2, 0) is 14.8 Å². The van der Waals surface area contributed by atoms with Crippen molar-refractivity contribution >= 4 is 15.9 Å². The van der Waals surface area contributed by atoms with E-state index in [2.05, 4.69) is 0 Å². The van der Waals surface area contributed by atoms with Gasteiger partial charge in [-0.15, -0.1) is 0 Å². The standard InChI is InChI=1S/C9H10F2N2O3S/c10-6-1-2-8(7(11)5-6)17(15,16)13-4-3-9(12)14/h1-2,5,13H,3-4H2,(H2,12,14). The molecule has 0 saturated carbocycles. The number of benzene rings is 1. The number of halogens is 2. The van der Waals surface area contributed by atoms with Crippen molar-refractivity contribution in [2.24, 2.45) is 5.73 Å². The molecule has 1 rings (SSSR count). The van der Waals surface area contributed by atoms with Crippen LogP contribution in [0, 0.1) is 11.6 Å². The fourth-order valence-electron chi connectivity index (χ4n) is 1.08. The highest BCUT2D eigenvalue weighted by Gasteiger charge is 2.19. The van der Waals surface area contributed by atoms with Crippen molar-refractivity contribution < 1.29 is 22.0 Å². The summed E-state index contributed by atoms with van der Waals surface area (Å²) in [7, 11) is -4.10. The van der Waals surface area contributed by atoms with Gasteiger partial charge in [-0.05, 0) is 12.1 Å². The molecule has 0 aliphatic rings. The van der Waals surface area contributed by atoms with Crippen LogP contribution in [0.15, 0.2) is 23.1 Å². The molecule has 0 aromatic heterocycles. The summed E-state index contributed by atoms with van der Waals surface area (Å²) in [5, 5.41) is 0. The van der Waals surface area contributed by atoms with Gasteiger partial charge in [0.05, 0.1) is 0 Å². The second kappa shape index (κ2) is 5.19. The lowest BCUT2D eigenvalue weighted by molar-refractivity contribution is -0.117. The van der Waals surface area contributed by atoms with Gasteiger partial charge in [-0.2, -0.15) is 0 Å². The number of hydrogen-bond donors (Lipinski definition) is 2. The molecule has 8 heteroatoms. The van der Waals surface area contributed by atoms with Crippen LogP contribution < -0.4 is 10.5 Å². The zero-order valence-electron chi connectivity index (χ0n) is 8.61. The molecule has 0 aliphatic heterocycles. The Balaban J connectivity index is 2.86. The lowest BCUT2D eigenvalue weighted by Gasteiger charge is -2.06. The quantitative estimate of drug-likeness (QED) is 0.791. The van der Waals surface area contributed by atoms with Gasteiger partial charge in [-0.25, -0.2) is 21.9 Å². The molecular formula is C9H10F2N2O3S. The molecule has 0 radical (unpaired) electrons. The van der Waals surface area contributed by atoms with Crippen molar-refractivity contribution in [2.45, 2.75) is 11.3 Å². The molecule has 5 nitrogen and oxygen atoms in total. The van der Waals surface area contributed by atoms with E-state index in [-0.39, 0.29) is 13.0 Å². The molecule has 0 unspecified atom stereocenters. The number of rotatable bonds is 5. The Morgan fingerprint density at radius 2 is 2.00 bits per heavy atom. The molecule has 0 spiro atoms. The number of nitrogens with one attached hydrogen (secondary N) is 1. The third-order valence-electron chi connectivity index (χ3n) is 1.85. The molecule has 0 fully saturated rings. The Morgan fingerprint density at radius 3 is 2.53 bits per heavy atom. The average Bonchev–Trinajstić information content (AvgIpc) is 2.15. The van der Waals surface area contributed by atoms with E-state index >= 15 is 0 Å². The number of amides is 1. The van der Waals surface area contributed by atoms with Crippen LogP contribution in [0.2, 0.25) is 0 Å². The zero-order valence-corrected chi connectivity index (χ0v) is 9.43. The summed E-state index contributed by atoms with van der Waals surface area (Å²) < 4.78 is 50.8. The molecule has 1 aromatic carbocycles. The highest BCUT2D eigenvalue weighted by Crippen LogP contribution is 2.14. The topological polar surface area (TPSA) is 89.3 Å². The van der Waals surface area contributed by atoms with E-state index in [0.717, 1.165) is 12.1 Å². The summed E-state index contributed by atoms with van der Waals surface area (Å²) in [5.74, 6) is -2.76. The molecule has 1 aromatic rings. The van der Waals surface area contributed by atoms with Gasteiger partial charge in [0.25, 0.3) is 0 Å². The fourth-order valence-corrected chi connectivity index (χ4v) is 2.17. The van der Waals surface area contributed by atoms with Gasteiger partial charge >= 0.3 is 0 Å². The van der Waals surface area contributed by atoms with Gasteiger partial charge in [-0.3, -0.25) is 4.79 Å². The normalized spacial score (nSPS) is 11.4. The Morgan fingerprint density at radius 1 is 1.35 bits per heavy atom. The highest BCUT2D eigenvalue weighted by atomic mass is 32.2. The smallest absolute Gasteiger partial charge is 0.243 e. The van der Waals surface area contributed by atoms with E-state index in [0.29, 0.717) is 6.07 Å². The first-order valence-electron chi connectivity index (χ1n) is 4.56. The first-order valence-corrected chi connectivity index (χ1v) is 6.04. The SMILES string of the molecule is NC(=O)CCNS(=O)(=O)c1ccc(F)cc1F. The van der Waals surface area contributed by atoms with Crippen LogP contribution in [0.3, 0.4) is 0 Å². The van der Waals surface area contributed by atoms with Crippen LogP contribution >= 0.6 is 0 Å². The summed E-state index contributed by atoms with van der Waals surface area (Å²) in [6.07, 6.45) is -0.206. The minimum Gasteiger partial charge on any atom is -0.370 e. The van der Waals surface area contributed by atoms with E-state index in [1.54, 1.807) is 0 Å². The number of nitrogens with two attached hydrogens (primary N) is 1. The van der Waals surface area contributed by atoms with Crippen LogP contribution in [0.1, 0.15) is 6.42 Å². The van der Waals surface area contributed by atoms with E-state index in [1.807, 2.05) is 4.72 Å². The summed E-state index contributed by atoms with van der Waals surface area (Å²) in [4.78, 5) is 9.72. The Bertz CT molecular complexity index is 531. The number of hydrogen-bond acceptors (Lipinski definition) is 3. The monoisotopic (exact) mass is 264 g/mol. The molecule has 0 atom stereocenters. The molecule has 94 valence electrons. The van der Waals surface area contributed by atoms with Crippen molar-refractivity contribution in [1.29, 1.82) is 0 Å². The first kappa shape index (κ1) is 13.5. The molecule has 0 bridgehead atoms. The van der Waals surface area contributed by atoms with E-state index < -0.39 is 32.5 Å². The molecule has 0 heterocycles. The van der Waals surface area contributed by atoms with Crippen LogP contribution in [-0.4, -0.2) is 20.9 Å². The molecule has 0 aliphatic carbocycles. The maximum atomic E-state index is 13.2. The predicted octanol–water partition coefficient (Wildman–Crippen LogP) is 0.118. The van der Waals surface area contributed by atoms with Crippen molar-refractivity contribution in [3.63, 3.8) is 0 Å². The largest absolute Gasteiger partial charge is 0.370 e. The van der Waals surface area contributed by atoms with Gasteiger partial charge in [-0.1, -0.05) is 0 Å². The number of carbonyl (C=O) groups excluding carboxylic acids is 1. The summed E-state index contributed by atoms with van der Waals surface area (Å²) >= 11 is 0.